The molecule has 1 aromatic rings. The van der Waals surface area contributed by atoms with E-state index < -0.39 is 6.10 Å². The normalized spacial score (nSPS) is 20.6. The van der Waals surface area contributed by atoms with Crippen molar-refractivity contribution >= 4 is 5.91 Å². The van der Waals surface area contributed by atoms with Gasteiger partial charge in [0.15, 0.2) is 11.6 Å². The summed E-state index contributed by atoms with van der Waals surface area (Å²) < 4.78 is 18.7. The molecule has 1 aliphatic heterocycles. The third-order valence-electron chi connectivity index (χ3n) is 4.89. The Hall–Kier alpha value is -1.66. The van der Waals surface area contributed by atoms with Crippen LogP contribution in [0, 0.1) is 11.7 Å². The molecule has 5 nitrogen and oxygen atoms in total. The number of methoxy groups -OCH3 is 1. The van der Waals surface area contributed by atoms with E-state index in [-0.39, 0.29) is 29.4 Å². The lowest BCUT2D eigenvalue weighted by molar-refractivity contribution is -0.133. The average molecular weight is 336 g/mol. The number of hydrogen-bond donors (Lipinski definition) is 2. The Morgan fingerprint density at radius 1 is 1.38 bits per heavy atom. The van der Waals surface area contributed by atoms with Gasteiger partial charge in [-0.05, 0) is 62.4 Å². The number of rotatable bonds is 6. The summed E-state index contributed by atoms with van der Waals surface area (Å²) in [5, 5.41) is 13.1. The maximum atomic E-state index is 13.7. The smallest absolute Gasteiger partial charge is 0.249 e. The summed E-state index contributed by atoms with van der Waals surface area (Å²) in [4.78, 5) is 14.2. The summed E-state index contributed by atoms with van der Waals surface area (Å²) in [5.41, 5.74) is 0.902. The summed E-state index contributed by atoms with van der Waals surface area (Å²) in [6.07, 6.45) is 2.69. The average Bonchev–Trinajstić information content (AvgIpc) is 3.39. The van der Waals surface area contributed by atoms with Crippen LogP contribution in [0.2, 0.25) is 0 Å². The highest BCUT2D eigenvalue weighted by atomic mass is 19.1. The summed E-state index contributed by atoms with van der Waals surface area (Å²) in [5.74, 6) is -0.319. The van der Waals surface area contributed by atoms with E-state index in [1.807, 2.05) is 6.07 Å². The van der Waals surface area contributed by atoms with E-state index in [1.54, 1.807) is 6.07 Å². The highest BCUT2D eigenvalue weighted by Gasteiger charge is 2.32. The summed E-state index contributed by atoms with van der Waals surface area (Å²) in [6.45, 7) is 2.26. The standard InChI is InChI=1S/C18H25FN2O3/c1-24-16-5-2-12(10-15(16)19)11-21-8-6-13(7-9-21)17(22)18(23)20-14-3-4-14/h2,5,10,13-14,17,22H,3-4,6-9,11H2,1H3,(H,20,23)/t17-/m1/s1. The molecule has 2 N–H and O–H groups in total. The van der Waals surface area contributed by atoms with Gasteiger partial charge in [-0.15, -0.1) is 0 Å². The number of nitrogens with zero attached hydrogens (tertiary/aromatic N) is 1. The first-order valence-electron chi connectivity index (χ1n) is 8.60. The van der Waals surface area contributed by atoms with Gasteiger partial charge >= 0.3 is 0 Å². The van der Waals surface area contributed by atoms with Gasteiger partial charge < -0.3 is 15.2 Å². The lowest BCUT2D eigenvalue weighted by atomic mass is 9.90. The summed E-state index contributed by atoms with van der Waals surface area (Å²) in [7, 11) is 1.45. The third-order valence-corrected chi connectivity index (χ3v) is 4.89. The molecule has 1 aliphatic carbocycles. The Kier molecular flexibility index (Phi) is 5.36. The number of benzene rings is 1. The number of aliphatic hydroxyl groups is 1. The SMILES string of the molecule is COc1ccc(CN2CCC([C@@H](O)C(=O)NC3CC3)CC2)cc1F. The fourth-order valence-corrected chi connectivity index (χ4v) is 3.22. The van der Waals surface area contributed by atoms with Gasteiger partial charge in [0.2, 0.25) is 5.91 Å². The van der Waals surface area contributed by atoms with Gasteiger partial charge in [-0.1, -0.05) is 6.07 Å². The van der Waals surface area contributed by atoms with Gasteiger partial charge in [0, 0.05) is 12.6 Å². The molecule has 0 spiro atoms. The predicted molar refractivity (Wildman–Crippen MR) is 88.1 cm³/mol. The number of carbonyl (C=O) groups is 1. The Balaban J connectivity index is 1.47. The van der Waals surface area contributed by atoms with E-state index >= 15 is 0 Å². The van der Waals surface area contributed by atoms with Crippen molar-refractivity contribution < 1.29 is 19.0 Å². The fourth-order valence-electron chi connectivity index (χ4n) is 3.22. The fraction of sp³-hybridized carbons (Fsp3) is 0.611. The van der Waals surface area contributed by atoms with E-state index in [2.05, 4.69) is 10.2 Å². The van der Waals surface area contributed by atoms with Crippen molar-refractivity contribution in [3.63, 3.8) is 0 Å². The van der Waals surface area contributed by atoms with Crippen LogP contribution >= 0.6 is 0 Å². The molecule has 1 amide bonds. The van der Waals surface area contributed by atoms with Crippen LogP contribution in [0.3, 0.4) is 0 Å². The van der Waals surface area contributed by atoms with E-state index in [0.29, 0.717) is 6.54 Å². The van der Waals surface area contributed by atoms with E-state index in [1.165, 1.54) is 13.2 Å². The molecule has 2 fully saturated rings. The molecule has 132 valence electrons. The van der Waals surface area contributed by atoms with E-state index in [0.717, 1.165) is 44.3 Å². The number of piperidine rings is 1. The van der Waals surface area contributed by atoms with E-state index in [4.69, 9.17) is 4.74 Å². The second kappa shape index (κ2) is 7.49. The monoisotopic (exact) mass is 336 g/mol. The maximum Gasteiger partial charge on any atom is 0.249 e. The summed E-state index contributed by atoms with van der Waals surface area (Å²) in [6, 6.07) is 5.29. The van der Waals surface area contributed by atoms with Crippen molar-refractivity contribution in [3.8, 4) is 5.75 Å². The highest BCUT2D eigenvalue weighted by molar-refractivity contribution is 5.81. The second-order valence-corrected chi connectivity index (χ2v) is 6.81. The molecule has 1 saturated carbocycles. The highest BCUT2D eigenvalue weighted by Crippen LogP contribution is 2.25. The zero-order valence-corrected chi connectivity index (χ0v) is 14.0. The molecule has 2 aliphatic rings. The Bertz CT molecular complexity index is 584. The molecule has 1 heterocycles. The molecule has 24 heavy (non-hydrogen) atoms. The first-order valence-corrected chi connectivity index (χ1v) is 8.60. The minimum atomic E-state index is -0.911. The number of hydrogen-bond acceptors (Lipinski definition) is 4. The zero-order valence-electron chi connectivity index (χ0n) is 14.0. The second-order valence-electron chi connectivity index (χ2n) is 6.81. The van der Waals surface area contributed by atoms with Crippen LogP contribution in [0.5, 0.6) is 5.75 Å². The number of amides is 1. The molecular formula is C18H25FN2O3. The van der Waals surface area contributed by atoms with Crippen LogP contribution in [-0.2, 0) is 11.3 Å². The van der Waals surface area contributed by atoms with Crippen LogP contribution in [0.4, 0.5) is 4.39 Å². The van der Waals surface area contributed by atoms with Crippen LogP contribution in [0.15, 0.2) is 18.2 Å². The first-order chi connectivity index (χ1) is 11.6. The molecule has 0 aromatic heterocycles. The zero-order chi connectivity index (χ0) is 17.1. The van der Waals surface area contributed by atoms with Crippen molar-refractivity contribution in [1.29, 1.82) is 0 Å². The maximum absolute atomic E-state index is 13.7. The molecular weight excluding hydrogens is 311 g/mol. The Morgan fingerprint density at radius 3 is 2.67 bits per heavy atom. The van der Waals surface area contributed by atoms with Crippen molar-refractivity contribution in [1.82, 2.24) is 10.2 Å². The van der Waals surface area contributed by atoms with Crippen LogP contribution < -0.4 is 10.1 Å². The first kappa shape index (κ1) is 17.2. The lowest BCUT2D eigenvalue weighted by Gasteiger charge is -2.33. The largest absolute Gasteiger partial charge is 0.494 e. The minimum absolute atomic E-state index is 0.00704. The Labute approximate surface area is 141 Å². The predicted octanol–water partition coefficient (Wildman–Crippen LogP) is 1.69. The number of likely N-dealkylation sites (tertiary alicyclic amines) is 1. The van der Waals surface area contributed by atoms with Crippen molar-refractivity contribution in [2.24, 2.45) is 5.92 Å². The number of aliphatic hydroxyl groups excluding tert-OH is 1. The van der Waals surface area contributed by atoms with Gasteiger partial charge in [0.25, 0.3) is 0 Å². The number of nitrogens with one attached hydrogen (secondary N) is 1. The van der Waals surface area contributed by atoms with Crippen molar-refractivity contribution in [2.45, 2.75) is 44.4 Å². The Morgan fingerprint density at radius 2 is 2.08 bits per heavy atom. The quantitative estimate of drug-likeness (QED) is 0.830. The molecule has 3 rings (SSSR count). The number of ether oxygens (including phenoxy) is 1. The molecule has 1 aromatic carbocycles. The topological polar surface area (TPSA) is 61.8 Å². The van der Waals surface area contributed by atoms with Gasteiger partial charge in [-0.25, -0.2) is 4.39 Å². The van der Waals surface area contributed by atoms with Gasteiger partial charge in [-0.3, -0.25) is 9.69 Å². The molecule has 0 unspecified atom stereocenters. The van der Waals surface area contributed by atoms with E-state index in [9.17, 15) is 14.3 Å². The van der Waals surface area contributed by atoms with Crippen LogP contribution in [0.25, 0.3) is 0 Å². The summed E-state index contributed by atoms with van der Waals surface area (Å²) >= 11 is 0. The van der Waals surface area contributed by atoms with Crippen LogP contribution in [-0.4, -0.2) is 48.3 Å². The number of halogens is 1. The lowest BCUT2D eigenvalue weighted by Crippen LogP contribution is -2.44. The van der Waals surface area contributed by atoms with Crippen molar-refractivity contribution in [3.05, 3.63) is 29.6 Å². The van der Waals surface area contributed by atoms with Gasteiger partial charge in [-0.2, -0.15) is 0 Å². The number of carbonyl (C=O) groups excluding carboxylic acids is 1. The van der Waals surface area contributed by atoms with Crippen LogP contribution in [0.1, 0.15) is 31.2 Å². The van der Waals surface area contributed by atoms with Crippen molar-refractivity contribution in [2.75, 3.05) is 20.2 Å². The third kappa shape index (κ3) is 4.24. The molecule has 0 radical (unpaired) electrons. The molecule has 0 bridgehead atoms. The minimum Gasteiger partial charge on any atom is -0.494 e. The van der Waals surface area contributed by atoms with Gasteiger partial charge in [0.05, 0.1) is 7.11 Å². The molecule has 1 atom stereocenters. The molecule has 1 saturated heterocycles. The molecule has 6 heteroatoms. The van der Waals surface area contributed by atoms with Gasteiger partial charge in [0.1, 0.15) is 6.10 Å².